The van der Waals surface area contributed by atoms with Gasteiger partial charge in [0.15, 0.2) is 0 Å². The van der Waals surface area contributed by atoms with Crippen LogP contribution in [-0.4, -0.2) is 39.8 Å². The molecule has 0 fully saturated rings. The second kappa shape index (κ2) is 11.0. The van der Waals surface area contributed by atoms with Crippen LogP contribution in [0.4, 0.5) is 10.8 Å². The van der Waals surface area contributed by atoms with E-state index in [4.69, 9.17) is 4.74 Å². The van der Waals surface area contributed by atoms with Gasteiger partial charge in [0.1, 0.15) is 5.75 Å². The number of amides is 2. The Balaban J connectivity index is 1.49. The van der Waals surface area contributed by atoms with Crippen molar-refractivity contribution >= 4 is 57.7 Å². The number of ether oxygens (including phenoxy) is 1. The summed E-state index contributed by atoms with van der Waals surface area (Å²) in [6, 6.07) is 14.3. The molecule has 0 aliphatic carbocycles. The maximum Gasteiger partial charge on any atom is 0.255 e. The van der Waals surface area contributed by atoms with E-state index in [1.165, 1.54) is 35.1 Å². The lowest BCUT2D eigenvalue weighted by Crippen LogP contribution is -2.13. The predicted molar refractivity (Wildman–Crippen MR) is 123 cm³/mol. The molecule has 3 aromatic rings. The van der Waals surface area contributed by atoms with Crippen LogP contribution >= 0.6 is 35.1 Å². The smallest absolute Gasteiger partial charge is 0.255 e. The number of aromatic nitrogens is 2. The Hall–Kier alpha value is -2.56. The van der Waals surface area contributed by atoms with E-state index < -0.39 is 0 Å². The van der Waals surface area contributed by atoms with Crippen LogP contribution in [0.3, 0.4) is 0 Å². The van der Waals surface area contributed by atoms with E-state index in [0.29, 0.717) is 27.3 Å². The number of nitrogens with one attached hydrogen (secondary N) is 2. The molecule has 0 saturated heterocycles. The summed E-state index contributed by atoms with van der Waals surface area (Å²) in [6.45, 7) is 2.02. The molecule has 1 heterocycles. The molecule has 2 N–H and O–H groups in total. The number of thioether (sulfide) groups is 2. The predicted octanol–water partition coefficient (Wildman–Crippen LogP) is 4.64. The summed E-state index contributed by atoms with van der Waals surface area (Å²) < 4.78 is 9.32. The fraction of sp³-hybridized carbons (Fsp3) is 0.200. The second-order valence-corrected chi connectivity index (χ2v) is 8.89. The zero-order valence-electron chi connectivity index (χ0n) is 16.4. The van der Waals surface area contributed by atoms with Gasteiger partial charge in [-0.2, -0.15) is 9.36 Å². The van der Waals surface area contributed by atoms with Gasteiger partial charge in [-0.1, -0.05) is 24.8 Å². The Kier molecular flexibility index (Phi) is 8.12. The van der Waals surface area contributed by atoms with Crippen molar-refractivity contribution in [3.05, 3.63) is 54.1 Å². The summed E-state index contributed by atoms with van der Waals surface area (Å²) in [5.74, 6) is 1.41. The Bertz CT molecular complexity index is 1010. The SMILES string of the molecule is CCSc1nsc(NC(=O)CSc2ccc(NC(=O)c3cccc(OC)c3)cc2)n1. The molecular weight excluding hydrogens is 440 g/mol. The summed E-state index contributed by atoms with van der Waals surface area (Å²) in [5.41, 5.74) is 1.19. The Morgan fingerprint density at radius 2 is 1.90 bits per heavy atom. The Morgan fingerprint density at radius 1 is 1.10 bits per heavy atom. The minimum absolute atomic E-state index is 0.139. The molecule has 0 aliphatic rings. The highest BCUT2D eigenvalue weighted by molar-refractivity contribution is 8.00. The summed E-state index contributed by atoms with van der Waals surface area (Å²) in [7, 11) is 1.56. The molecule has 156 valence electrons. The van der Waals surface area contributed by atoms with E-state index >= 15 is 0 Å². The molecule has 30 heavy (non-hydrogen) atoms. The molecule has 1 aromatic heterocycles. The molecule has 2 amide bonds. The number of hydrogen-bond donors (Lipinski definition) is 2. The van der Waals surface area contributed by atoms with Gasteiger partial charge in [-0.15, -0.1) is 11.8 Å². The van der Waals surface area contributed by atoms with Gasteiger partial charge in [0.25, 0.3) is 5.91 Å². The first-order chi connectivity index (χ1) is 14.6. The van der Waals surface area contributed by atoms with Crippen molar-refractivity contribution in [3.8, 4) is 5.75 Å². The molecule has 0 spiro atoms. The number of hydrogen-bond acceptors (Lipinski definition) is 8. The fourth-order valence-corrected chi connectivity index (χ4v) is 4.34. The summed E-state index contributed by atoms with van der Waals surface area (Å²) in [6.07, 6.45) is 0. The van der Waals surface area contributed by atoms with Crippen LogP contribution in [0, 0.1) is 0 Å². The lowest BCUT2D eigenvalue weighted by atomic mass is 10.2. The maximum absolute atomic E-state index is 12.4. The van der Waals surface area contributed by atoms with Crippen LogP contribution in [-0.2, 0) is 4.79 Å². The van der Waals surface area contributed by atoms with Crippen LogP contribution in [0.5, 0.6) is 5.75 Å². The number of nitrogens with zero attached hydrogens (tertiary/aromatic N) is 2. The van der Waals surface area contributed by atoms with Gasteiger partial charge in [-0.3, -0.25) is 14.9 Å². The number of carbonyl (C=O) groups is 2. The summed E-state index contributed by atoms with van der Waals surface area (Å²) in [4.78, 5) is 29.6. The van der Waals surface area contributed by atoms with Crippen LogP contribution in [0.15, 0.2) is 58.6 Å². The van der Waals surface area contributed by atoms with Crippen molar-refractivity contribution in [2.45, 2.75) is 17.0 Å². The Labute approximate surface area is 187 Å². The number of methoxy groups -OCH3 is 1. The zero-order chi connectivity index (χ0) is 21.3. The van der Waals surface area contributed by atoms with Crippen molar-refractivity contribution in [3.63, 3.8) is 0 Å². The van der Waals surface area contributed by atoms with E-state index in [1.807, 2.05) is 19.1 Å². The first-order valence-corrected chi connectivity index (χ1v) is 11.8. The quantitative estimate of drug-likeness (QED) is 0.449. The molecular formula is C20H20N4O3S3. The highest BCUT2D eigenvalue weighted by atomic mass is 32.2. The summed E-state index contributed by atoms with van der Waals surface area (Å²) in [5, 5.41) is 6.79. The van der Waals surface area contributed by atoms with Gasteiger partial charge >= 0.3 is 0 Å². The monoisotopic (exact) mass is 460 g/mol. The highest BCUT2D eigenvalue weighted by Crippen LogP contribution is 2.23. The van der Waals surface area contributed by atoms with Crippen LogP contribution in [0.2, 0.25) is 0 Å². The third-order valence-electron chi connectivity index (χ3n) is 3.74. The van der Waals surface area contributed by atoms with Crippen LogP contribution in [0.25, 0.3) is 0 Å². The first-order valence-electron chi connectivity index (χ1n) is 9.02. The largest absolute Gasteiger partial charge is 0.497 e. The zero-order valence-corrected chi connectivity index (χ0v) is 18.8. The molecule has 0 aliphatic heterocycles. The second-order valence-electron chi connectivity index (χ2n) is 5.86. The van der Waals surface area contributed by atoms with E-state index in [1.54, 1.807) is 43.5 Å². The van der Waals surface area contributed by atoms with Gasteiger partial charge in [-0.25, -0.2) is 0 Å². The summed E-state index contributed by atoms with van der Waals surface area (Å²) >= 11 is 4.11. The van der Waals surface area contributed by atoms with E-state index in [2.05, 4.69) is 20.0 Å². The number of anilines is 2. The minimum atomic E-state index is -0.216. The Morgan fingerprint density at radius 3 is 2.63 bits per heavy atom. The average molecular weight is 461 g/mol. The average Bonchev–Trinajstić information content (AvgIpc) is 3.20. The highest BCUT2D eigenvalue weighted by Gasteiger charge is 2.10. The van der Waals surface area contributed by atoms with Crippen molar-refractivity contribution in [2.75, 3.05) is 29.2 Å². The van der Waals surface area contributed by atoms with Gasteiger partial charge < -0.3 is 10.1 Å². The lowest BCUT2D eigenvalue weighted by molar-refractivity contribution is -0.113. The van der Waals surface area contributed by atoms with Gasteiger partial charge in [-0.05, 0) is 48.2 Å². The molecule has 2 aromatic carbocycles. The third kappa shape index (κ3) is 6.48. The first kappa shape index (κ1) is 22.1. The van der Waals surface area contributed by atoms with Gasteiger partial charge in [0.05, 0.1) is 12.9 Å². The lowest BCUT2D eigenvalue weighted by Gasteiger charge is -2.08. The fourth-order valence-electron chi connectivity index (χ4n) is 2.35. The topological polar surface area (TPSA) is 93.2 Å². The van der Waals surface area contributed by atoms with Gasteiger partial charge in [0.2, 0.25) is 16.2 Å². The molecule has 7 nitrogen and oxygen atoms in total. The van der Waals surface area contributed by atoms with Crippen molar-refractivity contribution in [1.29, 1.82) is 0 Å². The molecule has 10 heteroatoms. The van der Waals surface area contributed by atoms with Crippen molar-refractivity contribution in [1.82, 2.24) is 9.36 Å². The molecule has 0 radical (unpaired) electrons. The normalized spacial score (nSPS) is 10.5. The third-order valence-corrected chi connectivity index (χ3v) is 6.23. The number of benzene rings is 2. The molecule has 3 rings (SSSR count). The van der Waals surface area contributed by atoms with Gasteiger partial charge in [0, 0.05) is 27.7 Å². The maximum atomic E-state index is 12.4. The molecule has 0 unspecified atom stereocenters. The molecule has 0 saturated carbocycles. The number of carbonyl (C=O) groups excluding carboxylic acids is 2. The minimum Gasteiger partial charge on any atom is -0.497 e. The number of rotatable bonds is 9. The molecule has 0 bridgehead atoms. The standard InChI is InChI=1S/C20H20N4O3S3/c1-3-28-20-23-19(30-24-20)22-17(25)12-29-16-9-7-14(8-10-16)21-18(26)13-5-4-6-15(11-13)27-2/h4-11H,3,12H2,1-2H3,(H,21,26)(H,22,23,24,25). The van der Waals surface area contributed by atoms with E-state index in [9.17, 15) is 9.59 Å². The molecule has 0 atom stereocenters. The van der Waals surface area contributed by atoms with Crippen molar-refractivity contribution < 1.29 is 14.3 Å². The van der Waals surface area contributed by atoms with Crippen LogP contribution in [0.1, 0.15) is 17.3 Å². The van der Waals surface area contributed by atoms with E-state index in [0.717, 1.165) is 10.6 Å². The van der Waals surface area contributed by atoms with E-state index in [-0.39, 0.29) is 17.6 Å². The van der Waals surface area contributed by atoms with Crippen molar-refractivity contribution in [2.24, 2.45) is 0 Å². The van der Waals surface area contributed by atoms with Crippen LogP contribution < -0.4 is 15.4 Å².